The van der Waals surface area contributed by atoms with E-state index < -0.39 is 10.7 Å². The van der Waals surface area contributed by atoms with Crippen molar-refractivity contribution in [3.8, 4) is 5.75 Å². The van der Waals surface area contributed by atoms with E-state index in [4.69, 9.17) is 4.74 Å². The van der Waals surface area contributed by atoms with Crippen molar-refractivity contribution in [1.82, 2.24) is 5.32 Å². The number of halogens is 1. The van der Waals surface area contributed by atoms with Gasteiger partial charge in [-0.15, -0.1) is 0 Å². The third kappa shape index (κ3) is 3.41. The first-order chi connectivity index (χ1) is 9.08. The van der Waals surface area contributed by atoms with E-state index in [2.05, 4.69) is 5.32 Å². The maximum atomic E-state index is 13.7. The lowest BCUT2D eigenvalue weighted by atomic mass is 10.1. The van der Waals surface area contributed by atoms with Gasteiger partial charge in [-0.1, -0.05) is 6.42 Å². The second kappa shape index (κ2) is 5.97. The number of benzene rings is 1. The summed E-state index contributed by atoms with van der Waals surface area (Å²) < 4.78 is 19.1. The molecule has 1 saturated heterocycles. The molecule has 2 rings (SSSR count). The van der Waals surface area contributed by atoms with Gasteiger partial charge < -0.3 is 10.1 Å². The van der Waals surface area contributed by atoms with Crippen LogP contribution in [0.2, 0.25) is 0 Å². The standard InChI is InChI=1S/C13H17FN2O3/c1-9-6-13(11(14)7-12(9)16(17)18)19-8-10-4-2-3-5-15-10/h6-7,10,15H,2-5,8H2,1H3. The molecule has 0 bridgehead atoms. The number of nitro groups is 1. The normalized spacial score (nSPS) is 19.2. The number of hydrogen-bond donors (Lipinski definition) is 1. The number of nitro benzene ring substituents is 1. The van der Waals surface area contributed by atoms with Crippen LogP contribution in [0.1, 0.15) is 24.8 Å². The quantitative estimate of drug-likeness (QED) is 0.673. The molecule has 0 aliphatic carbocycles. The van der Waals surface area contributed by atoms with Gasteiger partial charge in [0.25, 0.3) is 5.69 Å². The molecule has 0 aromatic heterocycles. The number of aryl methyl sites for hydroxylation is 1. The maximum Gasteiger partial charge on any atom is 0.275 e. The summed E-state index contributed by atoms with van der Waals surface area (Å²) in [5.74, 6) is -0.608. The molecule has 5 nitrogen and oxygen atoms in total. The average molecular weight is 268 g/mol. The van der Waals surface area contributed by atoms with Crippen LogP contribution >= 0.6 is 0 Å². The average Bonchev–Trinajstić information content (AvgIpc) is 2.40. The summed E-state index contributed by atoms with van der Waals surface area (Å²) in [5.41, 5.74) is 0.179. The van der Waals surface area contributed by atoms with Crippen LogP contribution in [0.3, 0.4) is 0 Å². The topological polar surface area (TPSA) is 64.4 Å². The molecule has 1 atom stereocenters. The molecule has 1 N–H and O–H groups in total. The third-order valence-corrected chi connectivity index (χ3v) is 3.30. The summed E-state index contributed by atoms with van der Waals surface area (Å²) in [6.07, 6.45) is 3.30. The van der Waals surface area contributed by atoms with Gasteiger partial charge in [0, 0.05) is 11.6 Å². The van der Waals surface area contributed by atoms with Crippen molar-refractivity contribution in [3.63, 3.8) is 0 Å². The summed E-state index contributed by atoms with van der Waals surface area (Å²) in [5, 5.41) is 14.0. The molecule has 1 aliphatic rings. The smallest absolute Gasteiger partial charge is 0.275 e. The summed E-state index contributed by atoms with van der Waals surface area (Å²) in [6, 6.07) is 2.53. The van der Waals surface area contributed by atoms with Gasteiger partial charge in [-0.3, -0.25) is 10.1 Å². The predicted octanol–water partition coefficient (Wildman–Crippen LogP) is 2.56. The van der Waals surface area contributed by atoms with Crippen LogP contribution in [0.25, 0.3) is 0 Å². The minimum atomic E-state index is -0.687. The Hall–Kier alpha value is -1.69. The van der Waals surface area contributed by atoms with Gasteiger partial charge in [0.1, 0.15) is 6.61 Å². The minimum absolute atomic E-state index is 0.0791. The number of nitrogens with one attached hydrogen (secondary N) is 1. The fourth-order valence-corrected chi connectivity index (χ4v) is 2.21. The van der Waals surface area contributed by atoms with Crippen LogP contribution in [0.15, 0.2) is 12.1 Å². The highest BCUT2D eigenvalue weighted by Gasteiger charge is 2.18. The van der Waals surface area contributed by atoms with E-state index in [1.54, 1.807) is 6.92 Å². The zero-order valence-electron chi connectivity index (χ0n) is 10.8. The first-order valence-corrected chi connectivity index (χ1v) is 6.38. The van der Waals surface area contributed by atoms with Gasteiger partial charge in [-0.25, -0.2) is 4.39 Å². The van der Waals surface area contributed by atoms with E-state index >= 15 is 0 Å². The Labute approximate surface area is 110 Å². The van der Waals surface area contributed by atoms with Crippen molar-refractivity contribution < 1.29 is 14.1 Å². The number of hydrogen-bond acceptors (Lipinski definition) is 4. The molecule has 1 aromatic carbocycles. The fraction of sp³-hybridized carbons (Fsp3) is 0.538. The van der Waals surface area contributed by atoms with Gasteiger partial charge in [0.2, 0.25) is 0 Å². The Balaban J connectivity index is 2.04. The van der Waals surface area contributed by atoms with E-state index in [1.807, 2.05) is 0 Å². The largest absolute Gasteiger partial charge is 0.489 e. The van der Waals surface area contributed by atoms with Crippen molar-refractivity contribution in [3.05, 3.63) is 33.6 Å². The zero-order valence-corrected chi connectivity index (χ0v) is 10.8. The van der Waals surface area contributed by atoms with Crippen LogP contribution in [-0.2, 0) is 0 Å². The Bertz CT molecular complexity index is 473. The van der Waals surface area contributed by atoms with Gasteiger partial charge >= 0.3 is 0 Å². The first-order valence-electron chi connectivity index (χ1n) is 6.38. The van der Waals surface area contributed by atoms with E-state index in [-0.39, 0.29) is 17.5 Å². The number of nitrogens with zero attached hydrogens (tertiary/aromatic N) is 1. The lowest BCUT2D eigenvalue weighted by Gasteiger charge is -2.23. The van der Waals surface area contributed by atoms with Gasteiger partial charge in [0.15, 0.2) is 11.6 Å². The highest BCUT2D eigenvalue weighted by atomic mass is 19.1. The molecule has 1 heterocycles. The van der Waals surface area contributed by atoms with Crippen LogP contribution < -0.4 is 10.1 Å². The highest BCUT2D eigenvalue weighted by Crippen LogP contribution is 2.27. The Morgan fingerprint density at radius 2 is 2.32 bits per heavy atom. The lowest BCUT2D eigenvalue weighted by molar-refractivity contribution is -0.385. The summed E-state index contributed by atoms with van der Waals surface area (Å²) in [7, 11) is 0. The molecule has 1 aromatic rings. The Morgan fingerprint density at radius 1 is 1.53 bits per heavy atom. The predicted molar refractivity (Wildman–Crippen MR) is 68.9 cm³/mol. The molecule has 1 fully saturated rings. The molecular weight excluding hydrogens is 251 g/mol. The summed E-state index contributed by atoms with van der Waals surface area (Å²) in [4.78, 5) is 10.1. The monoisotopic (exact) mass is 268 g/mol. The molecule has 0 saturated carbocycles. The van der Waals surface area contributed by atoms with Gasteiger partial charge in [-0.2, -0.15) is 0 Å². The molecule has 1 aliphatic heterocycles. The van der Waals surface area contributed by atoms with Crippen molar-refractivity contribution in [2.24, 2.45) is 0 Å². The van der Waals surface area contributed by atoms with E-state index in [0.29, 0.717) is 12.2 Å². The number of rotatable bonds is 4. The fourth-order valence-electron chi connectivity index (χ4n) is 2.21. The molecule has 0 radical (unpaired) electrons. The molecule has 104 valence electrons. The van der Waals surface area contributed by atoms with Crippen LogP contribution in [0.4, 0.5) is 10.1 Å². The van der Waals surface area contributed by atoms with Gasteiger partial charge in [0.05, 0.1) is 11.0 Å². The Kier molecular flexibility index (Phi) is 4.31. The SMILES string of the molecule is Cc1cc(OCC2CCCCN2)c(F)cc1[N+](=O)[O-]. The van der Waals surface area contributed by atoms with Crippen molar-refractivity contribution in [2.75, 3.05) is 13.2 Å². The maximum absolute atomic E-state index is 13.7. The summed E-state index contributed by atoms with van der Waals surface area (Å²) >= 11 is 0. The van der Waals surface area contributed by atoms with Crippen LogP contribution in [0, 0.1) is 22.9 Å². The number of ether oxygens (including phenoxy) is 1. The highest BCUT2D eigenvalue weighted by molar-refractivity contribution is 5.45. The second-order valence-electron chi connectivity index (χ2n) is 4.78. The molecule has 19 heavy (non-hydrogen) atoms. The lowest BCUT2D eigenvalue weighted by Crippen LogP contribution is -2.38. The van der Waals surface area contributed by atoms with Crippen molar-refractivity contribution in [2.45, 2.75) is 32.2 Å². The van der Waals surface area contributed by atoms with Crippen LogP contribution in [0.5, 0.6) is 5.75 Å². The van der Waals surface area contributed by atoms with Crippen LogP contribution in [-0.4, -0.2) is 24.1 Å². The Morgan fingerprint density at radius 3 is 2.95 bits per heavy atom. The molecule has 0 spiro atoms. The molecule has 0 amide bonds. The van der Waals surface area contributed by atoms with E-state index in [0.717, 1.165) is 31.9 Å². The molecular formula is C13H17FN2O3. The third-order valence-electron chi connectivity index (χ3n) is 3.30. The van der Waals surface area contributed by atoms with Crippen molar-refractivity contribution in [1.29, 1.82) is 0 Å². The minimum Gasteiger partial charge on any atom is -0.489 e. The zero-order chi connectivity index (χ0) is 13.8. The summed E-state index contributed by atoms with van der Waals surface area (Å²) in [6.45, 7) is 2.91. The van der Waals surface area contributed by atoms with Gasteiger partial charge in [-0.05, 0) is 32.4 Å². The second-order valence-corrected chi connectivity index (χ2v) is 4.78. The van der Waals surface area contributed by atoms with E-state index in [9.17, 15) is 14.5 Å². The molecule has 1 unspecified atom stereocenters. The first kappa shape index (κ1) is 13.7. The van der Waals surface area contributed by atoms with Crippen molar-refractivity contribution >= 4 is 5.69 Å². The molecule has 6 heteroatoms. The number of piperidine rings is 1. The van der Waals surface area contributed by atoms with E-state index in [1.165, 1.54) is 6.07 Å².